The van der Waals surface area contributed by atoms with Crippen molar-refractivity contribution in [1.82, 2.24) is 5.32 Å². The number of hydrogen-bond acceptors (Lipinski definition) is 4. The van der Waals surface area contributed by atoms with E-state index in [0.29, 0.717) is 23.8 Å². The van der Waals surface area contributed by atoms with Crippen molar-refractivity contribution in [3.05, 3.63) is 54.1 Å². The molecule has 0 fully saturated rings. The first-order valence-corrected chi connectivity index (χ1v) is 9.90. The van der Waals surface area contributed by atoms with E-state index in [2.05, 4.69) is 31.4 Å². The highest BCUT2D eigenvalue weighted by Gasteiger charge is 2.14. The van der Waals surface area contributed by atoms with Crippen LogP contribution in [0.1, 0.15) is 44.5 Å². The minimum atomic E-state index is -0.311. The molecule has 0 saturated heterocycles. The molecule has 0 heterocycles. The summed E-state index contributed by atoms with van der Waals surface area (Å²) in [7, 11) is 0. The molecule has 0 aromatic heterocycles. The van der Waals surface area contributed by atoms with Gasteiger partial charge in [-0.15, -0.1) is 0 Å². The molecule has 0 spiro atoms. The van der Waals surface area contributed by atoms with E-state index in [9.17, 15) is 4.79 Å². The quantitative estimate of drug-likeness (QED) is 0.609. The average molecular weight is 401 g/mol. The second kappa shape index (κ2) is 10.7. The average Bonchev–Trinajstić information content (AvgIpc) is 2.67. The minimum absolute atomic E-state index is 0.164. The number of anilines is 1. The summed E-state index contributed by atoms with van der Waals surface area (Å²) in [6.45, 7) is 8.76. The summed E-state index contributed by atoms with van der Waals surface area (Å²) >= 11 is 5.27. The minimum Gasteiger partial charge on any atom is -0.492 e. The van der Waals surface area contributed by atoms with Gasteiger partial charge in [0.05, 0.1) is 18.3 Å². The molecule has 0 saturated carbocycles. The Labute approximate surface area is 172 Å². The summed E-state index contributed by atoms with van der Waals surface area (Å²) in [6.07, 6.45) is 1.11. The van der Waals surface area contributed by atoms with Gasteiger partial charge in [-0.25, -0.2) is 0 Å². The number of nitrogens with one attached hydrogen (secondary N) is 2. The topological polar surface area (TPSA) is 59.6 Å². The van der Waals surface area contributed by atoms with Crippen LogP contribution in [0.15, 0.2) is 48.5 Å². The molecule has 0 aliphatic rings. The molecule has 6 heteroatoms. The van der Waals surface area contributed by atoms with Crippen molar-refractivity contribution >= 4 is 28.9 Å². The molecule has 2 rings (SSSR count). The van der Waals surface area contributed by atoms with Gasteiger partial charge in [-0.05, 0) is 67.9 Å². The van der Waals surface area contributed by atoms with Gasteiger partial charge in [0, 0.05) is 5.69 Å². The van der Waals surface area contributed by atoms with E-state index in [1.54, 1.807) is 18.2 Å². The van der Waals surface area contributed by atoms with Gasteiger partial charge in [-0.1, -0.05) is 32.9 Å². The Bertz CT molecular complexity index is 791. The molecule has 0 aliphatic carbocycles. The molecule has 1 amide bonds. The largest absolute Gasteiger partial charge is 0.492 e. The van der Waals surface area contributed by atoms with Crippen molar-refractivity contribution in [1.29, 1.82) is 0 Å². The van der Waals surface area contributed by atoms with Crippen molar-refractivity contribution < 1.29 is 14.3 Å². The van der Waals surface area contributed by atoms with E-state index in [1.165, 1.54) is 0 Å². The molecular formula is C22H28N2O3S. The predicted molar refractivity (Wildman–Crippen MR) is 117 cm³/mol. The van der Waals surface area contributed by atoms with Crippen LogP contribution in [-0.4, -0.2) is 23.7 Å². The molecular weight excluding hydrogens is 372 g/mol. The molecule has 0 radical (unpaired) electrons. The first-order chi connectivity index (χ1) is 13.4. The molecule has 2 N–H and O–H groups in total. The van der Waals surface area contributed by atoms with Gasteiger partial charge in [0.15, 0.2) is 5.11 Å². The molecule has 0 aliphatic heterocycles. The lowest BCUT2D eigenvalue weighted by Crippen LogP contribution is -2.34. The lowest BCUT2D eigenvalue weighted by atomic mass is 10.2. The number of rotatable bonds is 8. The second-order valence-corrected chi connectivity index (χ2v) is 7.38. The van der Waals surface area contributed by atoms with Crippen LogP contribution in [0.25, 0.3) is 0 Å². The molecule has 2 aromatic rings. The van der Waals surface area contributed by atoms with Gasteiger partial charge in [0.2, 0.25) is 0 Å². The normalized spacial score (nSPS) is 11.6. The van der Waals surface area contributed by atoms with Crippen LogP contribution in [-0.2, 0) is 0 Å². The van der Waals surface area contributed by atoms with Crippen molar-refractivity contribution in [2.24, 2.45) is 5.92 Å². The highest BCUT2D eigenvalue weighted by molar-refractivity contribution is 7.80. The Balaban J connectivity index is 1.95. The Kier molecular flexibility index (Phi) is 8.26. The zero-order valence-corrected chi connectivity index (χ0v) is 17.6. The maximum Gasteiger partial charge on any atom is 0.261 e. The van der Waals surface area contributed by atoms with Crippen LogP contribution in [0.2, 0.25) is 0 Å². The molecule has 2 aromatic carbocycles. The molecule has 0 bridgehead atoms. The molecule has 5 nitrogen and oxygen atoms in total. The Morgan fingerprint density at radius 1 is 1.07 bits per heavy atom. The van der Waals surface area contributed by atoms with E-state index in [-0.39, 0.29) is 17.1 Å². The van der Waals surface area contributed by atoms with Crippen LogP contribution in [0.4, 0.5) is 5.69 Å². The fourth-order valence-electron chi connectivity index (χ4n) is 2.30. The highest BCUT2D eigenvalue weighted by Crippen LogP contribution is 2.20. The standard InChI is InChI=1S/C22H28N2O3S/c1-5-16(4)27-18-12-10-17(11-13-18)23-22(28)24-21(25)19-8-6-7-9-20(19)26-14-15(2)3/h6-13,15-16H,5,14H2,1-4H3,(H2,23,24,25,28). The monoisotopic (exact) mass is 400 g/mol. The Morgan fingerprint density at radius 3 is 2.39 bits per heavy atom. The van der Waals surface area contributed by atoms with E-state index >= 15 is 0 Å². The van der Waals surface area contributed by atoms with E-state index in [4.69, 9.17) is 21.7 Å². The summed E-state index contributed by atoms with van der Waals surface area (Å²) in [6, 6.07) is 14.6. The summed E-state index contributed by atoms with van der Waals surface area (Å²) in [5, 5.41) is 5.93. The second-order valence-electron chi connectivity index (χ2n) is 6.97. The van der Waals surface area contributed by atoms with E-state index in [0.717, 1.165) is 17.9 Å². The van der Waals surface area contributed by atoms with Crippen LogP contribution >= 0.6 is 12.2 Å². The van der Waals surface area contributed by atoms with Gasteiger partial charge in [0.25, 0.3) is 5.91 Å². The molecule has 1 atom stereocenters. The van der Waals surface area contributed by atoms with E-state index in [1.807, 2.05) is 37.3 Å². The number of thiocarbonyl (C=S) groups is 1. The zero-order valence-electron chi connectivity index (χ0n) is 16.8. The fourth-order valence-corrected chi connectivity index (χ4v) is 2.51. The zero-order chi connectivity index (χ0) is 20.5. The number of carbonyl (C=O) groups is 1. The third-order valence-electron chi connectivity index (χ3n) is 3.96. The van der Waals surface area contributed by atoms with Crippen LogP contribution < -0.4 is 20.1 Å². The summed E-state index contributed by atoms with van der Waals surface area (Å²) in [4.78, 5) is 12.6. The molecule has 150 valence electrons. The predicted octanol–water partition coefficient (Wildman–Crippen LogP) is 5.03. The van der Waals surface area contributed by atoms with Gasteiger partial charge >= 0.3 is 0 Å². The number of para-hydroxylation sites is 1. The third-order valence-corrected chi connectivity index (χ3v) is 4.16. The summed E-state index contributed by atoms with van der Waals surface area (Å²) in [5.41, 5.74) is 1.22. The summed E-state index contributed by atoms with van der Waals surface area (Å²) in [5.74, 6) is 1.40. The van der Waals surface area contributed by atoms with Gasteiger partial charge in [0.1, 0.15) is 11.5 Å². The van der Waals surface area contributed by atoms with Gasteiger partial charge < -0.3 is 14.8 Å². The highest BCUT2D eigenvalue weighted by atomic mass is 32.1. The van der Waals surface area contributed by atoms with Crippen molar-refractivity contribution in [2.45, 2.75) is 40.2 Å². The van der Waals surface area contributed by atoms with Crippen molar-refractivity contribution in [2.75, 3.05) is 11.9 Å². The third kappa shape index (κ3) is 6.85. The number of hydrogen-bond donors (Lipinski definition) is 2. The maximum absolute atomic E-state index is 12.6. The SMILES string of the molecule is CCC(C)Oc1ccc(NC(=S)NC(=O)c2ccccc2OCC(C)C)cc1. The number of carbonyl (C=O) groups excluding carboxylic acids is 1. The lowest BCUT2D eigenvalue weighted by molar-refractivity contribution is 0.0973. The number of ether oxygens (including phenoxy) is 2. The smallest absolute Gasteiger partial charge is 0.261 e. The van der Waals surface area contributed by atoms with Gasteiger partial charge in [-0.2, -0.15) is 0 Å². The van der Waals surface area contributed by atoms with Crippen LogP contribution in [0.5, 0.6) is 11.5 Å². The number of benzene rings is 2. The fraction of sp³-hybridized carbons (Fsp3) is 0.364. The lowest BCUT2D eigenvalue weighted by Gasteiger charge is -2.15. The van der Waals surface area contributed by atoms with Crippen molar-refractivity contribution in [3.8, 4) is 11.5 Å². The molecule has 1 unspecified atom stereocenters. The van der Waals surface area contributed by atoms with Gasteiger partial charge in [-0.3, -0.25) is 10.1 Å². The molecule has 28 heavy (non-hydrogen) atoms. The van der Waals surface area contributed by atoms with E-state index < -0.39 is 0 Å². The Hall–Kier alpha value is -2.60. The van der Waals surface area contributed by atoms with Crippen molar-refractivity contribution in [3.63, 3.8) is 0 Å². The van der Waals surface area contributed by atoms with Crippen LogP contribution in [0, 0.1) is 5.92 Å². The summed E-state index contributed by atoms with van der Waals surface area (Å²) < 4.78 is 11.5. The van der Waals surface area contributed by atoms with Crippen LogP contribution in [0.3, 0.4) is 0 Å². The Morgan fingerprint density at radius 2 is 1.75 bits per heavy atom. The first-order valence-electron chi connectivity index (χ1n) is 9.50. The number of amides is 1. The first kappa shape index (κ1) is 21.7. The maximum atomic E-state index is 12.6.